The van der Waals surface area contributed by atoms with Crippen LogP contribution in [0.25, 0.3) is 0 Å². The molecule has 0 aromatic carbocycles. The summed E-state index contributed by atoms with van der Waals surface area (Å²) >= 11 is 0. The summed E-state index contributed by atoms with van der Waals surface area (Å²) in [5, 5.41) is 0. The smallest absolute Gasteiger partial charge is 0.324 e. The molecule has 0 spiro atoms. The number of rotatable bonds is 15. The Hall–Kier alpha value is -0.570. The highest BCUT2D eigenvalue weighted by molar-refractivity contribution is 5.68. The summed E-state index contributed by atoms with van der Waals surface area (Å²) in [5.74, 6) is -0.116. The van der Waals surface area contributed by atoms with Gasteiger partial charge in [0.15, 0.2) is 0 Å². The van der Waals surface area contributed by atoms with E-state index in [2.05, 4.69) is 12.4 Å². The average Bonchev–Trinajstić information content (AvgIpc) is 2.45. The van der Waals surface area contributed by atoms with E-state index in [1.807, 2.05) is 6.92 Å². The maximum absolute atomic E-state index is 11.3. The third kappa shape index (κ3) is 15.5. The lowest BCUT2D eigenvalue weighted by molar-refractivity contribution is -0.151. The van der Waals surface area contributed by atoms with Gasteiger partial charge in [0, 0.05) is 13.0 Å². The monoisotopic (exact) mass is 285 g/mol. The van der Waals surface area contributed by atoms with E-state index >= 15 is 0 Å². The number of carbonyl (C=O) groups is 1. The minimum absolute atomic E-state index is 0.116. The number of nitrogens with one attached hydrogen (secondary N) is 1. The minimum Gasteiger partial charge on any atom is -0.371 e. The minimum atomic E-state index is -0.116. The largest absolute Gasteiger partial charge is 0.371 e. The van der Waals surface area contributed by atoms with Gasteiger partial charge in [-0.15, -0.1) is 0 Å². The van der Waals surface area contributed by atoms with Crippen LogP contribution in [0.1, 0.15) is 97.3 Å². The SMILES string of the molecule is CCCCCCCCCCCCCC(=O)ONCCC. The molecule has 120 valence electrons. The standard InChI is InChI=1S/C17H35NO2/c1-3-5-6-7-8-9-10-11-12-13-14-15-17(19)20-18-16-4-2/h18H,3-16H2,1-2H3. The van der Waals surface area contributed by atoms with Crippen molar-refractivity contribution in [3.8, 4) is 0 Å². The Morgan fingerprint density at radius 2 is 1.25 bits per heavy atom. The summed E-state index contributed by atoms with van der Waals surface area (Å²) in [5.41, 5.74) is 2.67. The Morgan fingerprint density at radius 3 is 1.75 bits per heavy atom. The molecule has 0 unspecified atom stereocenters. The number of hydrogen-bond donors (Lipinski definition) is 1. The van der Waals surface area contributed by atoms with Crippen LogP contribution in [0.15, 0.2) is 0 Å². The first kappa shape index (κ1) is 19.4. The Morgan fingerprint density at radius 1 is 0.750 bits per heavy atom. The van der Waals surface area contributed by atoms with Crippen LogP contribution in [0, 0.1) is 0 Å². The Bertz CT molecular complexity index is 207. The molecular weight excluding hydrogens is 250 g/mol. The molecule has 0 saturated carbocycles. The number of unbranched alkanes of at least 4 members (excludes halogenated alkanes) is 10. The van der Waals surface area contributed by atoms with Crippen molar-refractivity contribution in [2.45, 2.75) is 97.3 Å². The highest BCUT2D eigenvalue weighted by Gasteiger charge is 2.01. The third-order valence-corrected chi connectivity index (χ3v) is 3.52. The fourth-order valence-electron chi connectivity index (χ4n) is 2.22. The van der Waals surface area contributed by atoms with Gasteiger partial charge in [-0.1, -0.05) is 78.1 Å². The van der Waals surface area contributed by atoms with Crippen molar-refractivity contribution in [3.63, 3.8) is 0 Å². The lowest BCUT2D eigenvalue weighted by Gasteiger charge is -2.04. The van der Waals surface area contributed by atoms with Gasteiger partial charge in [-0.25, -0.2) is 0 Å². The molecule has 1 N–H and O–H groups in total. The first-order chi connectivity index (χ1) is 9.81. The molecular formula is C17H35NO2. The maximum atomic E-state index is 11.3. The lowest BCUT2D eigenvalue weighted by Crippen LogP contribution is -2.20. The van der Waals surface area contributed by atoms with Gasteiger partial charge in [0.25, 0.3) is 0 Å². The maximum Gasteiger partial charge on any atom is 0.324 e. The van der Waals surface area contributed by atoms with E-state index < -0.39 is 0 Å². The fraction of sp³-hybridized carbons (Fsp3) is 0.941. The molecule has 0 heterocycles. The quantitative estimate of drug-likeness (QED) is 0.334. The van der Waals surface area contributed by atoms with Gasteiger partial charge in [-0.05, 0) is 12.8 Å². The number of hydroxylamine groups is 1. The summed E-state index contributed by atoms with van der Waals surface area (Å²) < 4.78 is 0. The molecule has 0 atom stereocenters. The van der Waals surface area contributed by atoms with Crippen LogP contribution in [-0.2, 0) is 9.63 Å². The third-order valence-electron chi connectivity index (χ3n) is 3.52. The van der Waals surface area contributed by atoms with Crippen LogP contribution >= 0.6 is 0 Å². The molecule has 3 heteroatoms. The van der Waals surface area contributed by atoms with E-state index in [-0.39, 0.29) is 5.97 Å². The van der Waals surface area contributed by atoms with Gasteiger partial charge in [0.05, 0.1) is 0 Å². The predicted octanol–water partition coefficient (Wildman–Crippen LogP) is 5.15. The summed E-state index contributed by atoms with van der Waals surface area (Å²) in [4.78, 5) is 16.2. The second-order valence-corrected chi connectivity index (χ2v) is 5.65. The highest BCUT2D eigenvalue weighted by Crippen LogP contribution is 2.11. The molecule has 0 rings (SSSR count). The molecule has 0 fully saturated rings. The van der Waals surface area contributed by atoms with Crippen molar-refractivity contribution >= 4 is 5.97 Å². The summed E-state index contributed by atoms with van der Waals surface area (Å²) in [6, 6.07) is 0. The van der Waals surface area contributed by atoms with Gasteiger partial charge >= 0.3 is 5.97 Å². The number of carbonyl (C=O) groups excluding carboxylic acids is 1. The van der Waals surface area contributed by atoms with Crippen LogP contribution in [-0.4, -0.2) is 12.5 Å². The Balaban J connectivity index is 3.07. The Labute approximate surface area is 125 Å². The first-order valence-electron chi connectivity index (χ1n) is 8.73. The molecule has 0 aromatic rings. The van der Waals surface area contributed by atoms with Crippen molar-refractivity contribution < 1.29 is 9.63 Å². The van der Waals surface area contributed by atoms with Gasteiger partial charge in [0.2, 0.25) is 0 Å². The van der Waals surface area contributed by atoms with E-state index in [0.717, 1.165) is 25.8 Å². The van der Waals surface area contributed by atoms with Gasteiger partial charge in [0.1, 0.15) is 0 Å². The topological polar surface area (TPSA) is 38.3 Å². The van der Waals surface area contributed by atoms with E-state index in [4.69, 9.17) is 4.84 Å². The Kier molecular flexibility index (Phi) is 16.0. The molecule has 0 aliphatic heterocycles. The van der Waals surface area contributed by atoms with Gasteiger partial charge in [-0.3, -0.25) is 4.79 Å². The van der Waals surface area contributed by atoms with Gasteiger partial charge in [-0.2, -0.15) is 5.48 Å². The second-order valence-electron chi connectivity index (χ2n) is 5.65. The van der Waals surface area contributed by atoms with Crippen LogP contribution in [0.4, 0.5) is 0 Å². The average molecular weight is 285 g/mol. The van der Waals surface area contributed by atoms with E-state index in [0.29, 0.717) is 6.42 Å². The van der Waals surface area contributed by atoms with E-state index in [1.54, 1.807) is 0 Å². The zero-order chi connectivity index (χ0) is 14.9. The molecule has 0 radical (unpaired) electrons. The van der Waals surface area contributed by atoms with E-state index in [1.165, 1.54) is 57.8 Å². The van der Waals surface area contributed by atoms with Crippen LogP contribution in [0.3, 0.4) is 0 Å². The lowest BCUT2D eigenvalue weighted by atomic mass is 10.1. The molecule has 20 heavy (non-hydrogen) atoms. The molecule has 0 aliphatic rings. The van der Waals surface area contributed by atoms with Crippen molar-refractivity contribution in [2.24, 2.45) is 0 Å². The number of hydrogen-bond acceptors (Lipinski definition) is 3. The molecule has 0 saturated heterocycles. The molecule has 3 nitrogen and oxygen atoms in total. The summed E-state index contributed by atoms with van der Waals surface area (Å²) in [6.45, 7) is 5.05. The zero-order valence-electron chi connectivity index (χ0n) is 13.7. The highest BCUT2D eigenvalue weighted by atomic mass is 16.7. The van der Waals surface area contributed by atoms with Crippen LogP contribution in [0.2, 0.25) is 0 Å². The van der Waals surface area contributed by atoms with Crippen LogP contribution in [0.5, 0.6) is 0 Å². The van der Waals surface area contributed by atoms with Crippen molar-refractivity contribution in [3.05, 3.63) is 0 Å². The predicted molar refractivity (Wildman–Crippen MR) is 85.5 cm³/mol. The van der Waals surface area contributed by atoms with Crippen molar-refractivity contribution in [2.75, 3.05) is 6.54 Å². The molecule has 0 aliphatic carbocycles. The molecule has 0 aromatic heterocycles. The normalized spacial score (nSPS) is 10.7. The zero-order valence-corrected chi connectivity index (χ0v) is 13.7. The second kappa shape index (κ2) is 16.5. The van der Waals surface area contributed by atoms with E-state index in [9.17, 15) is 4.79 Å². The first-order valence-corrected chi connectivity index (χ1v) is 8.73. The molecule has 0 amide bonds. The fourth-order valence-corrected chi connectivity index (χ4v) is 2.22. The summed E-state index contributed by atoms with van der Waals surface area (Å²) in [7, 11) is 0. The van der Waals surface area contributed by atoms with Crippen LogP contribution < -0.4 is 5.48 Å². The summed E-state index contributed by atoms with van der Waals surface area (Å²) in [6.07, 6.45) is 15.9. The van der Waals surface area contributed by atoms with Crippen molar-refractivity contribution in [1.29, 1.82) is 0 Å². The van der Waals surface area contributed by atoms with Crippen molar-refractivity contribution in [1.82, 2.24) is 5.48 Å². The molecule has 0 bridgehead atoms. The van der Waals surface area contributed by atoms with Gasteiger partial charge < -0.3 is 4.84 Å².